The average molecular weight is 322 g/mol. The molecule has 4 heteroatoms. The number of rotatable bonds is 3. The first kappa shape index (κ1) is 16.0. The Bertz CT molecular complexity index is 713. The van der Waals surface area contributed by atoms with E-state index >= 15 is 0 Å². The lowest BCUT2D eigenvalue weighted by atomic mass is 9.79. The Morgan fingerprint density at radius 3 is 2.35 bits per heavy atom. The number of hydrogen-bond acceptors (Lipinski definition) is 0. The van der Waals surface area contributed by atoms with Gasteiger partial charge >= 0.3 is 0 Å². The molecule has 0 spiro atoms. The van der Waals surface area contributed by atoms with Crippen LogP contribution in [-0.4, -0.2) is 0 Å². The van der Waals surface area contributed by atoms with Crippen molar-refractivity contribution in [2.24, 2.45) is 0 Å². The van der Waals surface area contributed by atoms with Gasteiger partial charge in [-0.2, -0.15) is 0 Å². The van der Waals surface area contributed by atoms with E-state index in [-0.39, 0.29) is 11.5 Å². The molecule has 1 aliphatic carbocycles. The lowest BCUT2D eigenvalue weighted by molar-refractivity contribution is 0.460. The highest BCUT2D eigenvalue weighted by Crippen LogP contribution is 2.37. The molecule has 23 heavy (non-hydrogen) atoms. The van der Waals surface area contributed by atoms with Crippen LogP contribution in [0.15, 0.2) is 24.3 Å². The fraction of sp³-hybridized carbons (Fsp3) is 0.368. The molecule has 1 unspecified atom stereocenters. The third-order valence-corrected chi connectivity index (χ3v) is 4.59. The highest BCUT2D eigenvalue weighted by Gasteiger charge is 2.28. The smallest absolute Gasteiger partial charge is 0.162 e. The Morgan fingerprint density at radius 2 is 1.70 bits per heavy atom. The van der Waals surface area contributed by atoms with Gasteiger partial charge in [0.1, 0.15) is 11.6 Å². The Labute approximate surface area is 133 Å². The lowest BCUT2D eigenvalue weighted by Crippen LogP contribution is -2.17. The number of fused-ring (bicyclic) bond motifs is 1. The maximum atomic E-state index is 14.4. The van der Waals surface area contributed by atoms with Gasteiger partial charge in [-0.25, -0.2) is 17.6 Å². The zero-order valence-electron chi connectivity index (χ0n) is 12.9. The van der Waals surface area contributed by atoms with Crippen LogP contribution in [0.2, 0.25) is 0 Å². The number of halogens is 4. The van der Waals surface area contributed by atoms with Crippen LogP contribution in [0.3, 0.4) is 0 Å². The van der Waals surface area contributed by atoms with Crippen molar-refractivity contribution in [3.05, 3.63) is 69.8 Å². The van der Waals surface area contributed by atoms with Crippen molar-refractivity contribution in [3.63, 3.8) is 0 Å². The highest BCUT2D eigenvalue weighted by molar-refractivity contribution is 5.37. The van der Waals surface area contributed by atoms with Gasteiger partial charge in [0.2, 0.25) is 0 Å². The van der Waals surface area contributed by atoms with E-state index in [9.17, 15) is 17.6 Å². The molecule has 0 saturated carbocycles. The van der Waals surface area contributed by atoms with E-state index in [0.29, 0.717) is 42.4 Å². The van der Waals surface area contributed by atoms with Gasteiger partial charge in [0.25, 0.3) is 0 Å². The Hall–Kier alpha value is -1.84. The molecule has 0 fully saturated rings. The molecular weight excluding hydrogens is 304 g/mol. The predicted octanol–water partition coefficient (Wildman–Crippen LogP) is 5.47. The summed E-state index contributed by atoms with van der Waals surface area (Å²) in [6.45, 7) is 1.95. The Balaban J connectivity index is 1.94. The summed E-state index contributed by atoms with van der Waals surface area (Å²) in [7, 11) is 0. The van der Waals surface area contributed by atoms with E-state index in [2.05, 4.69) is 0 Å². The lowest BCUT2D eigenvalue weighted by Gasteiger charge is -2.26. The molecule has 0 N–H and O–H groups in total. The fourth-order valence-electron chi connectivity index (χ4n) is 3.49. The topological polar surface area (TPSA) is 0 Å². The molecule has 1 aliphatic rings. The summed E-state index contributed by atoms with van der Waals surface area (Å²) in [5, 5.41) is 0. The van der Waals surface area contributed by atoms with E-state index in [4.69, 9.17) is 0 Å². The molecule has 2 aromatic carbocycles. The minimum absolute atomic E-state index is 0.0697. The van der Waals surface area contributed by atoms with Crippen molar-refractivity contribution in [3.8, 4) is 0 Å². The van der Waals surface area contributed by atoms with Crippen molar-refractivity contribution in [1.82, 2.24) is 0 Å². The van der Waals surface area contributed by atoms with Crippen molar-refractivity contribution < 1.29 is 17.6 Å². The highest BCUT2D eigenvalue weighted by atomic mass is 19.2. The third-order valence-electron chi connectivity index (χ3n) is 4.59. The number of aryl methyl sites for hydroxylation is 1. The molecule has 1 atom stereocenters. The normalized spacial score (nSPS) is 17.2. The molecule has 0 saturated heterocycles. The van der Waals surface area contributed by atoms with Crippen molar-refractivity contribution >= 4 is 0 Å². The SMILES string of the molecule is CCCc1cc(F)c(C2CCc3c(ccc(F)c3F)C2)c(F)c1. The first-order chi connectivity index (χ1) is 11.0. The van der Waals surface area contributed by atoms with E-state index in [1.54, 1.807) is 0 Å². The molecule has 122 valence electrons. The van der Waals surface area contributed by atoms with Crippen LogP contribution in [0.1, 0.15) is 47.9 Å². The van der Waals surface area contributed by atoms with Gasteiger partial charge in [0.05, 0.1) is 0 Å². The van der Waals surface area contributed by atoms with Crippen LogP contribution in [-0.2, 0) is 19.3 Å². The molecule has 0 bridgehead atoms. The van der Waals surface area contributed by atoms with E-state index in [0.717, 1.165) is 12.5 Å². The summed E-state index contributed by atoms with van der Waals surface area (Å²) < 4.78 is 55.8. The number of hydrogen-bond donors (Lipinski definition) is 0. The average Bonchev–Trinajstić information content (AvgIpc) is 2.51. The fourth-order valence-corrected chi connectivity index (χ4v) is 3.49. The van der Waals surface area contributed by atoms with Gasteiger partial charge in [-0.15, -0.1) is 0 Å². The Morgan fingerprint density at radius 1 is 1.00 bits per heavy atom. The first-order valence-electron chi connectivity index (χ1n) is 7.94. The second kappa shape index (κ2) is 6.34. The van der Waals surface area contributed by atoms with Gasteiger partial charge in [0.15, 0.2) is 11.6 Å². The van der Waals surface area contributed by atoms with Crippen molar-refractivity contribution in [2.75, 3.05) is 0 Å². The van der Waals surface area contributed by atoms with Crippen LogP contribution in [0, 0.1) is 23.3 Å². The second-order valence-corrected chi connectivity index (χ2v) is 6.16. The largest absolute Gasteiger partial charge is 0.207 e. The van der Waals surface area contributed by atoms with Crippen LogP contribution in [0.5, 0.6) is 0 Å². The van der Waals surface area contributed by atoms with Gasteiger partial charge in [-0.3, -0.25) is 0 Å². The summed E-state index contributed by atoms with van der Waals surface area (Å²) in [5.74, 6) is -3.12. The zero-order valence-corrected chi connectivity index (χ0v) is 12.9. The number of benzene rings is 2. The van der Waals surface area contributed by atoms with Gasteiger partial charge in [0, 0.05) is 5.56 Å². The third kappa shape index (κ3) is 2.99. The van der Waals surface area contributed by atoms with E-state index in [1.165, 1.54) is 18.2 Å². The van der Waals surface area contributed by atoms with E-state index < -0.39 is 23.3 Å². The summed E-state index contributed by atoms with van der Waals surface area (Å²) in [6, 6.07) is 5.38. The monoisotopic (exact) mass is 322 g/mol. The summed E-state index contributed by atoms with van der Waals surface area (Å²) in [6.07, 6.45) is 2.48. The predicted molar refractivity (Wildman–Crippen MR) is 81.5 cm³/mol. The summed E-state index contributed by atoms with van der Waals surface area (Å²) in [5.41, 5.74) is 1.69. The molecule has 0 aromatic heterocycles. The minimum Gasteiger partial charge on any atom is -0.207 e. The van der Waals surface area contributed by atoms with Crippen molar-refractivity contribution in [1.29, 1.82) is 0 Å². The summed E-state index contributed by atoms with van der Waals surface area (Å²) >= 11 is 0. The molecule has 0 amide bonds. The minimum atomic E-state index is -0.872. The molecule has 0 nitrogen and oxygen atoms in total. The first-order valence-corrected chi connectivity index (χ1v) is 7.94. The quantitative estimate of drug-likeness (QED) is 0.658. The molecule has 3 rings (SSSR count). The van der Waals surface area contributed by atoms with Crippen LogP contribution < -0.4 is 0 Å². The van der Waals surface area contributed by atoms with Crippen molar-refractivity contribution in [2.45, 2.75) is 44.9 Å². The Kier molecular flexibility index (Phi) is 4.42. The molecule has 0 heterocycles. The molecule has 0 aliphatic heterocycles. The molecular formula is C19H18F4. The van der Waals surface area contributed by atoms with Gasteiger partial charge in [-0.05, 0) is 66.5 Å². The zero-order chi connectivity index (χ0) is 16.6. The maximum absolute atomic E-state index is 14.4. The summed E-state index contributed by atoms with van der Waals surface area (Å²) in [4.78, 5) is 0. The van der Waals surface area contributed by atoms with Crippen LogP contribution >= 0.6 is 0 Å². The molecule has 0 radical (unpaired) electrons. The van der Waals surface area contributed by atoms with Crippen LogP contribution in [0.25, 0.3) is 0 Å². The molecule has 2 aromatic rings. The van der Waals surface area contributed by atoms with Gasteiger partial charge < -0.3 is 0 Å². The van der Waals surface area contributed by atoms with Crippen LogP contribution in [0.4, 0.5) is 17.6 Å². The standard InChI is InChI=1S/C19H18F4/c1-2-3-11-8-16(21)18(17(22)9-11)13-4-6-14-12(10-13)5-7-15(20)19(14)23/h5,7-9,13H,2-4,6,10H2,1H3. The second-order valence-electron chi connectivity index (χ2n) is 6.16. The maximum Gasteiger partial charge on any atom is 0.162 e. The van der Waals surface area contributed by atoms with Gasteiger partial charge in [-0.1, -0.05) is 19.4 Å². The van der Waals surface area contributed by atoms with E-state index in [1.807, 2.05) is 6.92 Å².